The van der Waals surface area contributed by atoms with Crippen LogP contribution in [0.5, 0.6) is 0 Å². The van der Waals surface area contributed by atoms with Crippen LogP contribution < -0.4 is 5.73 Å². The molecule has 0 aromatic heterocycles. The van der Waals surface area contributed by atoms with Crippen molar-refractivity contribution in [2.75, 3.05) is 13.1 Å². The predicted octanol–water partition coefficient (Wildman–Crippen LogP) is 1.88. The average molecular weight is 266 g/mol. The van der Waals surface area contributed by atoms with E-state index in [4.69, 9.17) is 5.73 Å². The smallest absolute Gasteiger partial charge is 0.132 e. The summed E-state index contributed by atoms with van der Waals surface area (Å²) in [6.45, 7) is 4.56. The number of hydrogen-bond donors (Lipinski definition) is 2. The Bertz CT molecular complexity index is 415. The van der Waals surface area contributed by atoms with Gasteiger partial charge in [-0.05, 0) is 38.8 Å². The van der Waals surface area contributed by atoms with E-state index in [1.165, 1.54) is 0 Å². The van der Waals surface area contributed by atoms with Crippen LogP contribution in [0.25, 0.3) is 0 Å². The van der Waals surface area contributed by atoms with Gasteiger partial charge in [0.2, 0.25) is 0 Å². The summed E-state index contributed by atoms with van der Waals surface area (Å²) < 4.78 is 14.1. The van der Waals surface area contributed by atoms with Crippen LogP contribution in [0.15, 0.2) is 18.2 Å². The maximum absolute atomic E-state index is 14.1. The van der Waals surface area contributed by atoms with Gasteiger partial charge >= 0.3 is 0 Å². The van der Waals surface area contributed by atoms with Crippen LogP contribution in [0.4, 0.5) is 4.39 Å². The molecule has 4 heteroatoms. The molecule has 1 heterocycles. The second kappa shape index (κ2) is 6.46. The maximum Gasteiger partial charge on any atom is 0.132 e. The van der Waals surface area contributed by atoms with E-state index in [0.29, 0.717) is 18.0 Å². The van der Waals surface area contributed by atoms with E-state index in [2.05, 4.69) is 4.90 Å². The summed E-state index contributed by atoms with van der Waals surface area (Å²) in [5, 5.41) is 9.57. The van der Waals surface area contributed by atoms with Gasteiger partial charge in [0.05, 0.1) is 6.10 Å². The summed E-state index contributed by atoms with van der Waals surface area (Å²) in [5.41, 5.74) is 6.82. The molecule has 106 valence electrons. The highest BCUT2D eigenvalue weighted by Crippen LogP contribution is 2.23. The summed E-state index contributed by atoms with van der Waals surface area (Å²) in [6, 6.07) is 5.43. The standard InChI is InChI=1S/C15H23FN2O/c1-11(19)12-5-7-18(8-6-12)10-14-4-2-3-13(9-17)15(14)16/h2-4,11-12,19H,5-10,17H2,1H3. The van der Waals surface area contributed by atoms with E-state index in [1.807, 2.05) is 19.1 Å². The average Bonchev–Trinajstić information content (AvgIpc) is 2.42. The summed E-state index contributed by atoms with van der Waals surface area (Å²) in [6.07, 6.45) is 1.73. The fourth-order valence-electron chi connectivity index (χ4n) is 2.75. The number of likely N-dealkylation sites (tertiary alicyclic amines) is 1. The molecule has 1 aliphatic heterocycles. The highest BCUT2D eigenvalue weighted by atomic mass is 19.1. The monoisotopic (exact) mass is 266 g/mol. The quantitative estimate of drug-likeness (QED) is 0.875. The van der Waals surface area contributed by atoms with E-state index in [1.54, 1.807) is 6.07 Å². The Morgan fingerprint density at radius 2 is 2.00 bits per heavy atom. The van der Waals surface area contributed by atoms with Crippen LogP contribution in [-0.4, -0.2) is 29.2 Å². The number of benzene rings is 1. The molecule has 0 bridgehead atoms. The van der Waals surface area contributed by atoms with Crippen molar-refractivity contribution in [3.05, 3.63) is 35.1 Å². The molecule has 3 nitrogen and oxygen atoms in total. The minimum atomic E-state index is -0.237. The third-order valence-electron chi connectivity index (χ3n) is 4.09. The molecule has 1 fully saturated rings. The highest BCUT2D eigenvalue weighted by Gasteiger charge is 2.23. The van der Waals surface area contributed by atoms with Crippen molar-refractivity contribution < 1.29 is 9.50 Å². The fourth-order valence-corrected chi connectivity index (χ4v) is 2.75. The second-order valence-corrected chi connectivity index (χ2v) is 5.45. The Morgan fingerprint density at radius 1 is 1.37 bits per heavy atom. The van der Waals surface area contributed by atoms with E-state index >= 15 is 0 Å². The molecule has 1 aromatic rings. The minimum absolute atomic E-state index is 0.164. The number of nitrogens with two attached hydrogens (primary N) is 1. The first kappa shape index (κ1) is 14.4. The van der Waals surface area contributed by atoms with Gasteiger partial charge in [0.1, 0.15) is 5.82 Å². The van der Waals surface area contributed by atoms with Crippen LogP contribution in [0.1, 0.15) is 30.9 Å². The van der Waals surface area contributed by atoms with Gasteiger partial charge < -0.3 is 10.8 Å². The van der Waals surface area contributed by atoms with Gasteiger partial charge in [0, 0.05) is 24.2 Å². The summed E-state index contributed by atoms with van der Waals surface area (Å²) in [5.74, 6) is 0.221. The molecule has 0 aliphatic carbocycles. The molecule has 2 rings (SSSR count). The highest BCUT2D eigenvalue weighted by molar-refractivity contribution is 5.25. The molecule has 1 aliphatic rings. The molecule has 19 heavy (non-hydrogen) atoms. The SMILES string of the molecule is CC(O)C1CCN(Cc2cccc(CN)c2F)CC1. The number of piperidine rings is 1. The molecular formula is C15H23FN2O. The van der Waals surface area contributed by atoms with Gasteiger partial charge in [-0.2, -0.15) is 0 Å². The van der Waals surface area contributed by atoms with Crippen LogP contribution in [-0.2, 0) is 13.1 Å². The maximum atomic E-state index is 14.1. The van der Waals surface area contributed by atoms with Crippen molar-refractivity contribution in [1.29, 1.82) is 0 Å². The van der Waals surface area contributed by atoms with Crippen LogP contribution in [0, 0.1) is 11.7 Å². The molecule has 0 radical (unpaired) electrons. The fraction of sp³-hybridized carbons (Fsp3) is 0.600. The van der Waals surface area contributed by atoms with Crippen molar-refractivity contribution >= 4 is 0 Å². The summed E-state index contributed by atoms with van der Waals surface area (Å²) in [4.78, 5) is 2.25. The lowest BCUT2D eigenvalue weighted by molar-refractivity contribution is 0.0692. The van der Waals surface area contributed by atoms with Crippen LogP contribution in [0.2, 0.25) is 0 Å². The Balaban J connectivity index is 1.96. The Morgan fingerprint density at radius 3 is 2.58 bits per heavy atom. The van der Waals surface area contributed by atoms with Crippen LogP contribution >= 0.6 is 0 Å². The number of aliphatic hydroxyl groups excluding tert-OH is 1. The van der Waals surface area contributed by atoms with Gasteiger partial charge in [0.25, 0.3) is 0 Å². The molecule has 0 saturated carbocycles. The third kappa shape index (κ3) is 3.53. The topological polar surface area (TPSA) is 49.5 Å². The lowest BCUT2D eigenvalue weighted by Gasteiger charge is -2.33. The van der Waals surface area contributed by atoms with E-state index in [9.17, 15) is 9.50 Å². The van der Waals surface area contributed by atoms with Crippen molar-refractivity contribution in [3.63, 3.8) is 0 Å². The van der Waals surface area contributed by atoms with Gasteiger partial charge in [-0.1, -0.05) is 18.2 Å². The molecular weight excluding hydrogens is 243 g/mol. The number of aliphatic hydroxyl groups is 1. The number of hydrogen-bond acceptors (Lipinski definition) is 3. The van der Waals surface area contributed by atoms with Gasteiger partial charge in [-0.25, -0.2) is 4.39 Å². The van der Waals surface area contributed by atoms with Gasteiger partial charge in [0.15, 0.2) is 0 Å². The summed E-state index contributed by atoms with van der Waals surface area (Å²) in [7, 11) is 0. The second-order valence-electron chi connectivity index (χ2n) is 5.45. The van der Waals surface area contributed by atoms with Crippen molar-refractivity contribution in [2.24, 2.45) is 11.7 Å². The van der Waals surface area contributed by atoms with E-state index in [-0.39, 0.29) is 18.5 Å². The minimum Gasteiger partial charge on any atom is -0.393 e. The third-order valence-corrected chi connectivity index (χ3v) is 4.09. The largest absolute Gasteiger partial charge is 0.393 e. The Hall–Kier alpha value is -0.970. The number of halogens is 1. The molecule has 3 N–H and O–H groups in total. The first-order valence-corrected chi connectivity index (χ1v) is 6.98. The van der Waals surface area contributed by atoms with Gasteiger partial charge in [-0.3, -0.25) is 4.90 Å². The molecule has 1 unspecified atom stereocenters. The van der Waals surface area contributed by atoms with Crippen molar-refractivity contribution in [2.45, 2.75) is 39.0 Å². The molecule has 0 amide bonds. The zero-order chi connectivity index (χ0) is 13.8. The number of nitrogens with zero attached hydrogens (tertiary/aromatic N) is 1. The zero-order valence-corrected chi connectivity index (χ0v) is 11.5. The first-order valence-electron chi connectivity index (χ1n) is 6.98. The van der Waals surface area contributed by atoms with Crippen molar-refractivity contribution in [1.82, 2.24) is 4.90 Å². The molecule has 0 spiro atoms. The molecule has 1 atom stereocenters. The number of rotatable bonds is 4. The van der Waals surface area contributed by atoms with Crippen molar-refractivity contribution in [3.8, 4) is 0 Å². The van der Waals surface area contributed by atoms with E-state index < -0.39 is 0 Å². The molecule has 1 aromatic carbocycles. The normalized spacial score (nSPS) is 19.6. The van der Waals surface area contributed by atoms with Gasteiger partial charge in [-0.15, -0.1) is 0 Å². The predicted molar refractivity (Wildman–Crippen MR) is 74.0 cm³/mol. The first-order chi connectivity index (χ1) is 9.11. The van der Waals surface area contributed by atoms with Crippen LogP contribution in [0.3, 0.4) is 0 Å². The van der Waals surface area contributed by atoms with E-state index in [0.717, 1.165) is 31.5 Å². The lowest BCUT2D eigenvalue weighted by Crippen LogP contribution is -2.36. The zero-order valence-electron chi connectivity index (χ0n) is 11.5. The Labute approximate surface area is 114 Å². The molecule has 1 saturated heterocycles. The Kier molecular flexibility index (Phi) is 4.91. The lowest BCUT2D eigenvalue weighted by atomic mass is 9.92. The summed E-state index contributed by atoms with van der Waals surface area (Å²) >= 11 is 0.